The summed E-state index contributed by atoms with van der Waals surface area (Å²) < 4.78 is 0. The first-order chi connectivity index (χ1) is 10.6. The van der Waals surface area contributed by atoms with Crippen LogP contribution in [0.4, 0.5) is 0 Å². The highest BCUT2D eigenvalue weighted by Crippen LogP contribution is 2.27. The molecule has 22 heavy (non-hydrogen) atoms. The Morgan fingerprint density at radius 1 is 1.14 bits per heavy atom. The van der Waals surface area contributed by atoms with E-state index in [-0.39, 0.29) is 12.3 Å². The second-order valence-electron chi connectivity index (χ2n) is 6.17. The Kier molecular flexibility index (Phi) is 6.44. The van der Waals surface area contributed by atoms with E-state index in [1.165, 1.54) is 32.1 Å². The molecule has 0 aliphatic heterocycles. The number of nitrogens with one attached hydrogen (secondary N) is 1. The number of amides is 1. The third-order valence-corrected chi connectivity index (χ3v) is 4.42. The average molecular weight is 303 g/mol. The Balaban J connectivity index is 1.86. The molecule has 1 fully saturated rings. The highest BCUT2D eigenvalue weighted by Gasteiger charge is 2.19. The Morgan fingerprint density at radius 2 is 1.82 bits per heavy atom. The summed E-state index contributed by atoms with van der Waals surface area (Å²) in [5.41, 5.74) is 0.843. The molecule has 120 valence electrons. The van der Waals surface area contributed by atoms with Gasteiger partial charge in [0, 0.05) is 6.42 Å². The minimum Gasteiger partial charge on any atom is -0.481 e. The molecule has 0 heterocycles. The van der Waals surface area contributed by atoms with Crippen molar-refractivity contribution in [3.05, 3.63) is 35.9 Å². The molecule has 0 saturated heterocycles. The van der Waals surface area contributed by atoms with Crippen LogP contribution in [0.1, 0.15) is 63.0 Å². The van der Waals surface area contributed by atoms with E-state index in [1.807, 2.05) is 30.3 Å². The molecule has 1 aromatic rings. The lowest BCUT2D eigenvalue weighted by Crippen LogP contribution is -2.30. The smallest absolute Gasteiger partial charge is 0.305 e. The summed E-state index contributed by atoms with van der Waals surface area (Å²) in [6, 6.07) is 8.87. The lowest BCUT2D eigenvalue weighted by Gasteiger charge is -2.22. The first kappa shape index (κ1) is 16.5. The monoisotopic (exact) mass is 303 g/mol. The normalized spacial score (nSPS) is 16.9. The van der Waals surface area contributed by atoms with Gasteiger partial charge < -0.3 is 10.4 Å². The number of carboxylic acids is 1. The van der Waals surface area contributed by atoms with Crippen LogP contribution in [0.3, 0.4) is 0 Å². The molecule has 0 spiro atoms. The van der Waals surface area contributed by atoms with Crippen molar-refractivity contribution in [3.8, 4) is 0 Å². The maximum atomic E-state index is 12.1. The molecule has 1 amide bonds. The summed E-state index contributed by atoms with van der Waals surface area (Å²) in [7, 11) is 0. The molecule has 2 rings (SSSR count). The lowest BCUT2D eigenvalue weighted by molar-refractivity contribution is -0.137. The third-order valence-electron chi connectivity index (χ3n) is 4.42. The highest BCUT2D eigenvalue weighted by molar-refractivity contribution is 5.77. The Bertz CT molecular complexity index is 480. The van der Waals surface area contributed by atoms with Gasteiger partial charge in [0.1, 0.15) is 0 Å². The molecule has 1 aliphatic carbocycles. The Morgan fingerprint density at radius 3 is 2.45 bits per heavy atom. The minimum absolute atomic E-state index is 0.0410. The number of rotatable bonds is 7. The van der Waals surface area contributed by atoms with Crippen LogP contribution in [-0.2, 0) is 9.59 Å². The van der Waals surface area contributed by atoms with Crippen molar-refractivity contribution in [2.75, 3.05) is 0 Å². The van der Waals surface area contributed by atoms with Crippen LogP contribution in [0, 0.1) is 5.92 Å². The van der Waals surface area contributed by atoms with Crippen LogP contribution in [-0.4, -0.2) is 17.0 Å². The second kappa shape index (κ2) is 8.57. The predicted molar refractivity (Wildman–Crippen MR) is 85.4 cm³/mol. The molecule has 4 nitrogen and oxygen atoms in total. The van der Waals surface area contributed by atoms with Gasteiger partial charge in [-0.15, -0.1) is 0 Å². The number of carbonyl (C=O) groups is 2. The molecular weight excluding hydrogens is 278 g/mol. The van der Waals surface area contributed by atoms with E-state index < -0.39 is 12.0 Å². The first-order valence-electron chi connectivity index (χ1n) is 8.21. The van der Waals surface area contributed by atoms with Gasteiger partial charge in [-0.3, -0.25) is 9.59 Å². The molecule has 2 N–H and O–H groups in total. The van der Waals surface area contributed by atoms with E-state index in [0.29, 0.717) is 12.3 Å². The lowest BCUT2D eigenvalue weighted by atomic mass is 9.86. The molecule has 1 aromatic carbocycles. The van der Waals surface area contributed by atoms with Crippen LogP contribution < -0.4 is 5.32 Å². The molecule has 4 heteroatoms. The van der Waals surface area contributed by atoms with Gasteiger partial charge in [-0.1, -0.05) is 62.4 Å². The van der Waals surface area contributed by atoms with Gasteiger partial charge in [-0.05, 0) is 17.9 Å². The fourth-order valence-electron chi connectivity index (χ4n) is 3.19. The number of aliphatic carboxylic acids is 1. The van der Waals surface area contributed by atoms with Crippen molar-refractivity contribution < 1.29 is 14.7 Å². The highest BCUT2D eigenvalue weighted by atomic mass is 16.4. The van der Waals surface area contributed by atoms with Gasteiger partial charge in [-0.2, -0.15) is 0 Å². The third kappa shape index (κ3) is 5.51. The van der Waals surface area contributed by atoms with Crippen molar-refractivity contribution in [3.63, 3.8) is 0 Å². The average Bonchev–Trinajstić information content (AvgIpc) is 2.54. The zero-order chi connectivity index (χ0) is 15.8. The van der Waals surface area contributed by atoms with Crippen LogP contribution in [0.15, 0.2) is 30.3 Å². The molecule has 1 aliphatic rings. The standard InChI is InChI=1S/C18H25NO3/c20-17(12-11-14-7-3-1-4-8-14)19-16(13-18(21)22)15-9-5-2-6-10-15/h2,5-6,9-10,14,16H,1,3-4,7-8,11-13H2,(H,19,20)(H,21,22). The van der Waals surface area contributed by atoms with Gasteiger partial charge in [0.15, 0.2) is 0 Å². The largest absolute Gasteiger partial charge is 0.481 e. The molecule has 0 bridgehead atoms. The van der Waals surface area contributed by atoms with Gasteiger partial charge >= 0.3 is 5.97 Å². The van der Waals surface area contributed by atoms with Crippen molar-refractivity contribution in [1.29, 1.82) is 0 Å². The number of hydrogen-bond acceptors (Lipinski definition) is 2. The Hall–Kier alpha value is -1.84. The quantitative estimate of drug-likeness (QED) is 0.807. The summed E-state index contributed by atoms with van der Waals surface area (Å²) >= 11 is 0. The molecule has 1 atom stereocenters. The molecule has 1 saturated carbocycles. The molecule has 0 radical (unpaired) electrons. The predicted octanol–water partition coefficient (Wildman–Crippen LogP) is 3.68. The van der Waals surface area contributed by atoms with Crippen LogP contribution in [0.25, 0.3) is 0 Å². The van der Waals surface area contributed by atoms with Crippen molar-refractivity contribution >= 4 is 11.9 Å². The fourth-order valence-corrected chi connectivity index (χ4v) is 3.19. The Labute approximate surface area is 131 Å². The summed E-state index contributed by atoms with van der Waals surface area (Å²) in [5.74, 6) is -0.281. The van der Waals surface area contributed by atoms with Gasteiger partial charge in [0.25, 0.3) is 0 Å². The van der Waals surface area contributed by atoms with Crippen molar-refractivity contribution in [1.82, 2.24) is 5.32 Å². The van der Waals surface area contributed by atoms with Crippen LogP contribution in [0.2, 0.25) is 0 Å². The molecule has 1 unspecified atom stereocenters. The maximum Gasteiger partial charge on any atom is 0.305 e. The number of carbonyl (C=O) groups excluding carboxylic acids is 1. The van der Waals surface area contributed by atoms with Gasteiger partial charge in [0.2, 0.25) is 5.91 Å². The molecular formula is C18H25NO3. The van der Waals surface area contributed by atoms with E-state index in [2.05, 4.69) is 5.32 Å². The van der Waals surface area contributed by atoms with E-state index in [4.69, 9.17) is 5.11 Å². The van der Waals surface area contributed by atoms with Crippen LogP contribution >= 0.6 is 0 Å². The summed E-state index contributed by atoms with van der Waals surface area (Å²) in [5, 5.41) is 11.9. The summed E-state index contributed by atoms with van der Waals surface area (Å²) in [6.45, 7) is 0. The first-order valence-corrected chi connectivity index (χ1v) is 8.21. The number of benzene rings is 1. The zero-order valence-electron chi connectivity index (χ0n) is 13.0. The van der Waals surface area contributed by atoms with E-state index in [0.717, 1.165) is 12.0 Å². The summed E-state index contributed by atoms with van der Waals surface area (Å²) in [6.07, 6.45) is 7.65. The number of hydrogen-bond donors (Lipinski definition) is 2. The van der Waals surface area contributed by atoms with E-state index in [1.54, 1.807) is 0 Å². The topological polar surface area (TPSA) is 66.4 Å². The maximum absolute atomic E-state index is 12.1. The summed E-state index contributed by atoms with van der Waals surface area (Å²) in [4.78, 5) is 23.2. The minimum atomic E-state index is -0.901. The van der Waals surface area contributed by atoms with Crippen LogP contribution in [0.5, 0.6) is 0 Å². The van der Waals surface area contributed by atoms with Gasteiger partial charge in [0.05, 0.1) is 12.5 Å². The molecule has 0 aromatic heterocycles. The van der Waals surface area contributed by atoms with Crippen molar-refractivity contribution in [2.45, 2.75) is 57.4 Å². The fraction of sp³-hybridized carbons (Fsp3) is 0.556. The van der Waals surface area contributed by atoms with E-state index >= 15 is 0 Å². The van der Waals surface area contributed by atoms with E-state index in [9.17, 15) is 9.59 Å². The zero-order valence-corrected chi connectivity index (χ0v) is 13.0. The number of carboxylic acid groups (broad SMARTS) is 1. The SMILES string of the molecule is O=C(O)CC(NC(=O)CCC1CCCCC1)c1ccccc1. The second-order valence-corrected chi connectivity index (χ2v) is 6.17. The van der Waals surface area contributed by atoms with Gasteiger partial charge in [-0.25, -0.2) is 0 Å². The van der Waals surface area contributed by atoms with Crippen molar-refractivity contribution in [2.24, 2.45) is 5.92 Å².